The topological polar surface area (TPSA) is 78.5 Å². The predicted octanol–water partition coefficient (Wildman–Crippen LogP) is 3.46. The van der Waals surface area contributed by atoms with Gasteiger partial charge in [-0.2, -0.15) is 0 Å². The lowest BCUT2D eigenvalue weighted by atomic mass is 10.1. The van der Waals surface area contributed by atoms with Crippen LogP contribution in [0.4, 0.5) is 5.69 Å². The molecule has 1 heterocycles. The van der Waals surface area contributed by atoms with Gasteiger partial charge in [0.15, 0.2) is 0 Å². The highest BCUT2D eigenvalue weighted by molar-refractivity contribution is 6.44. The standard InChI is InChI=1S/C18H14Cl3N3O3/c19-12-6-4-10(5-7-12)17(26)22-23-18(27)11-8-15(25)24(9-11)14-3-1-2-13(20)16(14)21/h1-7,11H,8-9H2,(H,22,26)(H,23,27)/t11-/m0/s1. The van der Waals surface area contributed by atoms with E-state index in [1.807, 2.05) is 0 Å². The number of hydrogen-bond donors (Lipinski definition) is 2. The van der Waals surface area contributed by atoms with E-state index in [1.165, 1.54) is 17.0 Å². The SMILES string of the molecule is O=C(NNC(=O)[C@H]1CC(=O)N(c2cccc(Cl)c2Cl)C1)c1ccc(Cl)cc1. The van der Waals surface area contributed by atoms with Crippen molar-refractivity contribution in [2.75, 3.05) is 11.4 Å². The summed E-state index contributed by atoms with van der Waals surface area (Å²) in [6, 6.07) is 11.2. The van der Waals surface area contributed by atoms with Gasteiger partial charge in [0.05, 0.1) is 21.7 Å². The summed E-state index contributed by atoms with van der Waals surface area (Å²) in [5, 5.41) is 1.08. The first-order valence-corrected chi connectivity index (χ1v) is 9.10. The molecule has 27 heavy (non-hydrogen) atoms. The molecular weight excluding hydrogens is 413 g/mol. The molecule has 9 heteroatoms. The maximum Gasteiger partial charge on any atom is 0.269 e. The van der Waals surface area contributed by atoms with Crippen LogP contribution < -0.4 is 15.8 Å². The summed E-state index contributed by atoms with van der Waals surface area (Å²) in [5.74, 6) is -1.83. The van der Waals surface area contributed by atoms with Crippen molar-refractivity contribution >= 4 is 58.2 Å². The molecule has 2 aromatic carbocycles. The van der Waals surface area contributed by atoms with Crippen molar-refractivity contribution in [2.45, 2.75) is 6.42 Å². The van der Waals surface area contributed by atoms with Crippen molar-refractivity contribution in [3.05, 3.63) is 63.1 Å². The van der Waals surface area contributed by atoms with Gasteiger partial charge in [-0.25, -0.2) is 0 Å². The van der Waals surface area contributed by atoms with Crippen LogP contribution in [0.15, 0.2) is 42.5 Å². The van der Waals surface area contributed by atoms with E-state index in [-0.39, 0.29) is 23.9 Å². The lowest BCUT2D eigenvalue weighted by Gasteiger charge is -2.18. The molecule has 0 unspecified atom stereocenters. The maximum absolute atomic E-state index is 12.3. The number of nitrogens with zero attached hydrogens (tertiary/aromatic N) is 1. The monoisotopic (exact) mass is 425 g/mol. The van der Waals surface area contributed by atoms with Gasteiger partial charge in [-0.3, -0.25) is 25.2 Å². The van der Waals surface area contributed by atoms with Gasteiger partial charge in [0, 0.05) is 23.6 Å². The van der Waals surface area contributed by atoms with E-state index in [9.17, 15) is 14.4 Å². The average Bonchev–Trinajstić information content (AvgIpc) is 3.04. The lowest BCUT2D eigenvalue weighted by molar-refractivity contribution is -0.126. The third kappa shape index (κ3) is 4.35. The van der Waals surface area contributed by atoms with E-state index in [0.717, 1.165) is 0 Å². The third-order valence-electron chi connectivity index (χ3n) is 4.12. The van der Waals surface area contributed by atoms with Crippen LogP contribution in [0.5, 0.6) is 0 Å². The molecule has 0 bridgehead atoms. The molecule has 140 valence electrons. The van der Waals surface area contributed by atoms with Crippen molar-refractivity contribution in [3.63, 3.8) is 0 Å². The zero-order valence-corrected chi connectivity index (χ0v) is 16.1. The smallest absolute Gasteiger partial charge is 0.269 e. The Kier molecular flexibility index (Phi) is 5.89. The molecule has 3 amide bonds. The van der Waals surface area contributed by atoms with Gasteiger partial charge in [0.25, 0.3) is 5.91 Å². The second kappa shape index (κ2) is 8.17. The number of carbonyl (C=O) groups excluding carboxylic acids is 3. The van der Waals surface area contributed by atoms with Gasteiger partial charge in [0.1, 0.15) is 0 Å². The summed E-state index contributed by atoms with van der Waals surface area (Å²) in [5.41, 5.74) is 5.47. The summed E-state index contributed by atoms with van der Waals surface area (Å²) in [4.78, 5) is 38.1. The zero-order chi connectivity index (χ0) is 19.6. The Hall–Kier alpha value is -2.28. The van der Waals surface area contributed by atoms with Crippen LogP contribution in [0.3, 0.4) is 0 Å². The Labute approximate surface area is 170 Å². The first-order chi connectivity index (χ1) is 12.9. The van der Waals surface area contributed by atoms with E-state index in [2.05, 4.69) is 10.9 Å². The summed E-state index contributed by atoms with van der Waals surface area (Å²) < 4.78 is 0. The minimum Gasteiger partial charge on any atom is -0.310 e. The van der Waals surface area contributed by atoms with E-state index >= 15 is 0 Å². The summed E-state index contributed by atoms with van der Waals surface area (Å²) in [6.45, 7) is 0.140. The normalized spacial score (nSPS) is 16.3. The minimum atomic E-state index is -0.627. The van der Waals surface area contributed by atoms with E-state index in [0.29, 0.717) is 21.3 Å². The number of nitrogens with one attached hydrogen (secondary N) is 2. The highest BCUT2D eigenvalue weighted by Crippen LogP contribution is 2.35. The van der Waals surface area contributed by atoms with Gasteiger partial charge in [-0.05, 0) is 36.4 Å². The Morgan fingerprint density at radius 1 is 1.00 bits per heavy atom. The summed E-state index contributed by atoms with van der Waals surface area (Å²) in [7, 11) is 0. The fourth-order valence-electron chi connectivity index (χ4n) is 2.71. The summed E-state index contributed by atoms with van der Waals surface area (Å²) >= 11 is 17.9. The Morgan fingerprint density at radius 2 is 1.70 bits per heavy atom. The molecule has 0 aromatic heterocycles. The number of carbonyl (C=O) groups is 3. The van der Waals surface area contributed by atoms with Crippen LogP contribution in [0.25, 0.3) is 0 Å². The van der Waals surface area contributed by atoms with Gasteiger partial charge >= 0.3 is 0 Å². The first-order valence-electron chi connectivity index (χ1n) is 7.97. The number of rotatable bonds is 3. The molecule has 1 saturated heterocycles. The van der Waals surface area contributed by atoms with Gasteiger partial charge in [-0.1, -0.05) is 40.9 Å². The summed E-state index contributed by atoms with van der Waals surface area (Å²) in [6.07, 6.45) is 0.00545. The first kappa shape index (κ1) is 19.5. The number of anilines is 1. The van der Waals surface area contributed by atoms with Gasteiger partial charge in [-0.15, -0.1) is 0 Å². The van der Waals surface area contributed by atoms with Crippen molar-refractivity contribution in [1.82, 2.24) is 10.9 Å². The predicted molar refractivity (Wildman–Crippen MR) is 104 cm³/mol. The molecule has 1 aliphatic rings. The Morgan fingerprint density at radius 3 is 2.41 bits per heavy atom. The molecule has 0 radical (unpaired) electrons. The fraction of sp³-hybridized carbons (Fsp3) is 0.167. The molecule has 1 fully saturated rings. The molecule has 2 aromatic rings. The third-order valence-corrected chi connectivity index (χ3v) is 5.18. The van der Waals surface area contributed by atoms with Crippen molar-refractivity contribution in [2.24, 2.45) is 5.92 Å². The number of amides is 3. The lowest BCUT2D eigenvalue weighted by Crippen LogP contribution is -2.45. The average molecular weight is 427 g/mol. The highest BCUT2D eigenvalue weighted by atomic mass is 35.5. The zero-order valence-electron chi connectivity index (χ0n) is 13.8. The van der Waals surface area contributed by atoms with E-state index < -0.39 is 17.7 Å². The molecule has 0 spiro atoms. The Bertz CT molecular complexity index is 902. The number of benzene rings is 2. The minimum absolute atomic E-state index is 0.00545. The van der Waals surface area contributed by atoms with E-state index in [1.54, 1.807) is 30.3 Å². The van der Waals surface area contributed by atoms with E-state index in [4.69, 9.17) is 34.8 Å². The van der Waals surface area contributed by atoms with Crippen molar-refractivity contribution < 1.29 is 14.4 Å². The molecule has 3 rings (SSSR count). The maximum atomic E-state index is 12.3. The largest absolute Gasteiger partial charge is 0.310 e. The van der Waals surface area contributed by atoms with Crippen LogP contribution in [0.1, 0.15) is 16.8 Å². The quantitative estimate of drug-likeness (QED) is 0.738. The number of hydrazine groups is 1. The van der Waals surface area contributed by atoms with Crippen molar-refractivity contribution in [1.29, 1.82) is 0 Å². The number of halogens is 3. The fourth-order valence-corrected chi connectivity index (χ4v) is 3.23. The second-order valence-electron chi connectivity index (χ2n) is 5.93. The Balaban J connectivity index is 1.61. The molecule has 1 atom stereocenters. The molecular formula is C18H14Cl3N3O3. The molecule has 2 N–H and O–H groups in total. The van der Waals surface area contributed by atoms with Gasteiger partial charge < -0.3 is 4.90 Å². The number of hydrogen-bond acceptors (Lipinski definition) is 3. The molecule has 0 saturated carbocycles. The van der Waals surface area contributed by atoms with Crippen LogP contribution >= 0.6 is 34.8 Å². The van der Waals surface area contributed by atoms with Crippen LogP contribution in [0, 0.1) is 5.92 Å². The van der Waals surface area contributed by atoms with Gasteiger partial charge in [0.2, 0.25) is 11.8 Å². The molecule has 0 aliphatic carbocycles. The van der Waals surface area contributed by atoms with Crippen LogP contribution in [-0.4, -0.2) is 24.3 Å². The molecule has 1 aliphatic heterocycles. The second-order valence-corrected chi connectivity index (χ2v) is 7.15. The molecule has 6 nitrogen and oxygen atoms in total. The van der Waals surface area contributed by atoms with Crippen LogP contribution in [0.2, 0.25) is 15.1 Å². The highest BCUT2D eigenvalue weighted by Gasteiger charge is 2.36. The van der Waals surface area contributed by atoms with Crippen LogP contribution in [-0.2, 0) is 9.59 Å². The van der Waals surface area contributed by atoms with Crippen molar-refractivity contribution in [3.8, 4) is 0 Å².